The number of ether oxygens (including phenoxy) is 1. The second-order valence-electron chi connectivity index (χ2n) is 4.07. The molecule has 0 aliphatic carbocycles. The Morgan fingerprint density at radius 3 is 2.53 bits per heavy atom. The van der Waals surface area contributed by atoms with E-state index in [9.17, 15) is 9.59 Å². The molecule has 0 aromatic heterocycles. The Morgan fingerprint density at radius 1 is 1.26 bits per heavy atom. The van der Waals surface area contributed by atoms with Crippen molar-refractivity contribution in [2.24, 2.45) is 0 Å². The normalized spacial score (nSPS) is 10.0. The summed E-state index contributed by atoms with van der Waals surface area (Å²) in [5.74, 6) is -0.454. The van der Waals surface area contributed by atoms with Crippen molar-refractivity contribution < 1.29 is 19.4 Å². The van der Waals surface area contributed by atoms with Gasteiger partial charge in [-0.15, -0.1) is 0 Å². The number of carboxylic acid groups (broad SMARTS) is 1. The first kappa shape index (κ1) is 15.0. The second kappa shape index (κ2) is 7.41. The van der Waals surface area contributed by atoms with Gasteiger partial charge in [0, 0.05) is 13.1 Å². The van der Waals surface area contributed by atoms with Crippen LogP contribution in [0.4, 0.5) is 0 Å². The van der Waals surface area contributed by atoms with Gasteiger partial charge < -0.3 is 14.7 Å². The molecule has 1 aromatic rings. The van der Waals surface area contributed by atoms with Gasteiger partial charge in [0.25, 0.3) is 5.91 Å². The number of aliphatic carboxylic acids is 1. The first-order valence-corrected chi connectivity index (χ1v) is 6.28. The molecule has 0 fully saturated rings. The van der Waals surface area contributed by atoms with E-state index in [4.69, 9.17) is 9.84 Å². The van der Waals surface area contributed by atoms with Gasteiger partial charge >= 0.3 is 5.97 Å². The number of hydrogen-bond acceptors (Lipinski definition) is 3. The molecule has 0 aliphatic heterocycles. The molecular formula is C14H19NO4. The van der Waals surface area contributed by atoms with Crippen LogP contribution in [0.2, 0.25) is 0 Å². The molecule has 0 spiro atoms. The summed E-state index contributed by atoms with van der Waals surface area (Å²) in [7, 11) is 0. The molecule has 0 aliphatic rings. The SMILES string of the molecule is CCN(CC)C(=O)COc1cccc(CC(=O)O)c1. The fourth-order valence-corrected chi connectivity index (χ4v) is 1.73. The molecule has 19 heavy (non-hydrogen) atoms. The number of carboxylic acids is 1. The minimum absolute atomic E-state index is 0.0296. The summed E-state index contributed by atoms with van der Waals surface area (Å²) < 4.78 is 5.39. The Labute approximate surface area is 112 Å². The monoisotopic (exact) mass is 265 g/mol. The van der Waals surface area contributed by atoms with Gasteiger partial charge in [0.05, 0.1) is 6.42 Å². The Morgan fingerprint density at radius 2 is 1.95 bits per heavy atom. The third-order valence-corrected chi connectivity index (χ3v) is 2.73. The maximum absolute atomic E-state index is 11.7. The molecule has 104 valence electrons. The first-order chi connectivity index (χ1) is 9.06. The van der Waals surface area contributed by atoms with E-state index >= 15 is 0 Å². The number of rotatable bonds is 7. The van der Waals surface area contributed by atoms with Crippen molar-refractivity contribution in [2.45, 2.75) is 20.3 Å². The van der Waals surface area contributed by atoms with E-state index < -0.39 is 5.97 Å². The molecule has 0 heterocycles. The van der Waals surface area contributed by atoms with Crippen molar-refractivity contribution in [3.8, 4) is 5.75 Å². The summed E-state index contributed by atoms with van der Waals surface area (Å²) in [6, 6.07) is 6.78. The number of carbonyl (C=O) groups is 2. The van der Waals surface area contributed by atoms with E-state index in [-0.39, 0.29) is 18.9 Å². The summed E-state index contributed by atoms with van der Waals surface area (Å²) in [5.41, 5.74) is 0.653. The van der Waals surface area contributed by atoms with Crippen molar-refractivity contribution in [3.05, 3.63) is 29.8 Å². The zero-order valence-corrected chi connectivity index (χ0v) is 11.3. The van der Waals surface area contributed by atoms with Crippen LogP contribution in [0.25, 0.3) is 0 Å². The van der Waals surface area contributed by atoms with Crippen molar-refractivity contribution in [2.75, 3.05) is 19.7 Å². The van der Waals surface area contributed by atoms with E-state index in [1.165, 1.54) is 0 Å². The molecule has 1 N–H and O–H groups in total. The second-order valence-corrected chi connectivity index (χ2v) is 4.07. The summed E-state index contributed by atoms with van der Waals surface area (Å²) in [5, 5.41) is 8.71. The van der Waals surface area contributed by atoms with Crippen LogP contribution in [0.15, 0.2) is 24.3 Å². The molecule has 0 unspecified atom stereocenters. The topological polar surface area (TPSA) is 66.8 Å². The molecule has 1 amide bonds. The van der Waals surface area contributed by atoms with Crippen molar-refractivity contribution in [3.63, 3.8) is 0 Å². The van der Waals surface area contributed by atoms with Crippen LogP contribution >= 0.6 is 0 Å². The van der Waals surface area contributed by atoms with Crippen LogP contribution in [0.1, 0.15) is 19.4 Å². The van der Waals surface area contributed by atoms with Gasteiger partial charge in [-0.1, -0.05) is 12.1 Å². The van der Waals surface area contributed by atoms with E-state index in [1.54, 1.807) is 29.2 Å². The molecule has 1 rings (SSSR count). The van der Waals surface area contributed by atoms with Crippen LogP contribution in [0.3, 0.4) is 0 Å². The van der Waals surface area contributed by atoms with E-state index in [1.807, 2.05) is 13.8 Å². The minimum atomic E-state index is -0.892. The van der Waals surface area contributed by atoms with Crippen LogP contribution in [-0.2, 0) is 16.0 Å². The van der Waals surface area contributed by atoms with Crippen LogP contribution in [-0.4, -0.2) is 41.6 Å². The van der Waals surface area contributed by atoms with Crippen molar-refractivity contribution >= 4 is 11.9 Å². The number of carbonyl (C=O) groups excluding carboxylic acids is 1. The van der Waals surface area contributed by atoms with Gasteiger partial charge in [-0.2, -0.15) is 0 Å². The smallest absolute Gasteiger partial charge is 0.307 e. The van der Waals surface area contributed by atoms with E-state index in [0.717, 1.165) is 0 Å². The number of likely N-dealkylation sites (N-methyl/N-ethyl adjacent to an activating group) is 1. The standard InChI is InChI=1S/C14H19NO4/c1-3-15(4-2)13(16)10-19-12-7-5-6-11(8-12)9-14(17)18/h5-8H,3-4,9-10H2,1-2H3,(H,17,18). The molecule has 0 bridgehead atoms. The quantitative estimate of drug-likeness (QED) is 0.812. The minimum Gasteiger partial charge on any atom is -0.484 e. The lowest BCUT2D eigenvalue weighted by atomic mass is 10.1. The molecule has 0 saturated heterocycles. The molecule has 1 aromatic carbocycles. The number of nitrogens with zero attached hydrogens (tertiary/aromatic N) is 1. The Hall–Kier alpha value is -2.04. The Balaban J connectivity index is 2.58. The first-order valence-electron chi connectivity index (χ1n) is 6.28. The lowest BCUT2D eigenvalue weighted by Gasteiger charge is -2.18. The van der Waals surface area contributed by atoms with Crippen LogP contribution in [0, 0.1) is 0 Å². The molecule has 0 saturated carbocycles. The molecule has 5 nitrogen and oxygen atoms in total. The number of amides is 1. The predicted molar refractivity (Wildman–Crippen MR) is 71.2 cm³/mol. The number of benzene rings is 1. The van der Waals surface area contributed by atoms with Gasteiger partial charge in [-0.05, 0) is 31.5 Å². The van der Waals surface area contributed by atoms with Gasteiger partial charge in [-0.3, -0.25) is 9.59 Å². The maximum Gasteiger partial charge on any atom is 0.307 e. The Bertz CT molecular complexity index is 441. The average molecular weight is 265 g/mol. The highest BCUT2D eigenvalue weighted by Gasteiger charge is 2.10. The predicted octanol–water partition coefficient (Wildman–Crippen LogP) is 1.56. The molecular weight excluding hydrogens is 246 g/mol. The summed E-state index contributed by atoms with van der Waals surface area (Å²) in [6.07, 6.45) is -0.0544. The third-order valence-electron chi connectivity index (χ3n) is 2.73. The lowest BCUT2D eigenvalue weighted by molar-refractivity contribution is -0.136. The average Bonchev–Trinajstić information content (AvgIpc) is 2.37. The van der Waals surface area contributed by atoms with Gasteiger partial charge in [-0.25, -0.2) is 0 Å². The molecule has 0 radical (unpaired) electrons. The summed E-state index contributed by atoms with van der Waals surface area (Å²) in [4.78, 5) is 24.0. The lowest BCUT2D eigenvalue weighted by Crippen LogP contribution is -2.34. The number of hydrogen-bond donors (Lipinski definition) is 1. The van der Waals surface area contributed by atoms with E-state index in [0.29, 0.717) is 24.4 Å². The zero-order chi connectivity index (χ0) is 14.3. The fraction of sp³-hybridized carbons (Fsp3) is 0.429. The summed E-state index contributed by atoms with van der Waals surface area (Å²) >= 11 is 0. The van der Waals surface area contributed by atoms with Crippen molar-refractivity contribution in [1.82, 2.24) is 4.90 Å². The highest BCUT2D eigenvalue weighted by molar-refractivity contribution is 5.77. The van der Waals surface area contributed by atoms with Gasteiger partial charge in [0.2, 0.25) is 0 Å². The van der Waals surface area contributed by atoms with Gasteiger partial charge in [0.1, 0.15) is 5.75 Å². The molecule has 5 heteroatoms. The van der Waals surface area contributed by atoms with Gasteiger partial charge in [0.15, 0.2) is 6.61 Å². The zero-order valence-electron chi connectivity index (χ0n) is 11.3. The largest absolute Gasteiger partial charge is 0.484 e. The highest BCUT2D eigenvalue weighted by atomic mass is 16.5. The van der Waals surface area contributed by atoms with Crippen LogP contribution in [0.5, 0.6) is 5.75 Å². The van der Waals surface area contributed by atoms with E-state index in [2.05, 4.69) is 0 Å². The van der Waals surface area contributed by atoms with Crippen molar-refractivity contribution in [1.29, 1.82) is 0 Å². The molecule has 0 atom stereocenters. The van der Waals surface area contributed by atoms with Crippen LogP contribution < -0.4 is 4.74 Å². The maximum atomic E-state index is 11.7. The highest BCUT2D eigenvalue weighted by Crippen LogP contribution is 2.14. The fourth-order valence-electron chi connectivity index (χ4n) is 1.73. The summed E-state index contributed by atoms with van der Waals surface area (Å²) in [6.45, 7) is 5.09. The third kappa shape index (κ3) is 4.99. The Kier molecular flexibility index (Phi) is 5.85.